The molecule has 0 radical (unpaired) electrons. The predicted molar refractivity (Wildman–Crippen MR) is 182 cm³/mol. The molecule has 0 amide bonds. The monoisotopic (exact) mass is 560 g/mol. The fourth-order valence-electron chi connectivity index (χ4n) is 4.44. The minimum absolute atomic E-state index is 0.0645. The Hall–Kier alpha value is -3.96. The number of aromatic amines is 2. The Morgan fingerprint density at radius 1 is 0.643 bits per heavy atom. The van der Waals surface area contributed by atoms with E-state index in [0.717, 1.165) is 13.1 Å². The number of aromatic nitrogens is 2. The van der Waals surface area contributed by atoms with Crippen molar-refractivity contribution >= 4 is 21.8 Å². The van der Waals surface area contributed by atoms with E-state index >= 15 is 0 Å². The second-order valence-electron chi connectivity index (χ2n) is 12.7. The van der Waals surface area contributed by atoms with Gasteiger partial charge >= 0.3 is 0 Å². The third-order valence-corrected chi connectivity index (χ3v) is 6.57. The molecule has 0 fully saturated rings. The van der Waals surface area contributed by atoms with Crippen molar-refractivity contribution in [1.82, 2.24) is 20.6 Å². The fourth-order valence-corrected chi connectivity index (χ4v) is 4.44. The summed E-state index contributed by atoms with van der Waals surface area (Å²) in [6.45, 7) is 18.7. The van der Waals surface area contributed by atoms with Gasteiger partial charge < -0.3 is 20.6 Å². The van der Waals surface area contributed by atoms with E-state index in [-0.39, 0.29) is 10.8 Å². The molecule has 0 spiro atoms. The molecule has 0 aliphatic rings. The summed E-state index contributed by atoms with van der Waals surface area (Å²) in [5, 5.41) is 9.59. The molecule has 4 nitrogen and oxygen atoms in total. The van der Waals surface area contributed by atoms with Crippen LogP contribution in [-0.2, 0) is 0 Å². The average molecular weight is 561 g/mol. The summed E-state index contributed by atoms with van der Waals surface area (Å²) in [6.07, 6.45) is 12.0. The van der Waals surface area contributed by atoms with E-state index in [9.17, 15) is 0 Å². The maximum Gasteiger partial charge on any atom is 0.0457 e. The molecule has 4 rings (SSSR count). The molecule has 0 saturated carbocycles. The van der Waals surface area contributed by atoms with Crippen molar-refractivity contribution in [2.45, 2.75) is 67.5 Å². The lowest BCUT2D eigenvalue weighted by molar-refractivity contribution is 0.570. The van der Waals surface area contributed by atoms with Crippen LogP contribution < -0.4 is 10.6 Å². The van der Waals surface area contributed by atoms with Crippen molar-refractivity contribution < 1.29 is 0 Å². The van der Waals surface area contributed by atoms with Crippen LogP contribution >= 0.6 is 0 Å². The Labute approximate surface area is 253 Å². The predicted octanol–water partition coefficient (Wildman–Crippen LogP) is 8.85. The first kappa shape index (κ1) is 32.6. The molecule has 2 aromatic carbocycles. The molecule has 4 N–H and O–H groups in total. The summed E-state index contributed by atoms with van der Waals surface area (Å²) in [5.41, 5.74) is 5.15. The molecule has 2 aromatic heterocycles. The van der Waals surface area contributed by atoms with Gasteiger partial charge in [-0.05, 0) is 103 Å². The molecule has 0 aliphatic carbocycles. The average Bonchev–Trinajstić information content (AvgIpc) is 3.61. The van der Waals surface area contributed by atoms with Crippen LogP contribution in [0.1, 0.15) is 78.6 Å². The lowest BCUT2D eigenvalue weighted by Crippen LogP contribution is -2.18. The van der Waals surface area contributed by atoms with Crippen LogP contribution in [0, 0.1) is 34.5 Å². The molecule has 4 heteroatoms. The van der Waals surface area contributed by atoms with E-state index in [4.69, 9.17) is 0 Å². The van der Waals surface area contributed by atoms with Crippen molar-refractivity contribution in [2.24, 2.45) is 10.8 Å². The van der Waals surface area contributed by atoms with Gasteiger partial charge in [-0.2, -0.15) is 0 Å². The Morgan fingerprint density at radius 3 is 1.43 bits per heavy atom. The summed E-state index contributed by atoms with van der Waals surface area (Å²) in [4.78, 5) is 6.51. The zero-order chi connectivity index (χ0) is 30.6. The number of hydrogen-bond acceptors (Lipinski definition) is 2. The molecule has 0 saturated heterocycles. The SMILES string of the molecule is C[C@@H](NC/C=C/C#CC(C)(C)C)c1cccc2[nH]ccc12.C[C@@H](NC/C=C\C#CC(C)(C)C)c1cccc2[nH]ccc12. The van der Waals surface area contributed by atoms with Crippen molar-refractivity contribution in [1.29, 1.82) is 0 Å². The smallest absolute Gasteiger partial charge is 0.0457 e. The van der Waals surface area contributed by atoms with Crippen LogP contribution in [-0.4, -0.2) is 23.1 Å². The summed E-state index contributed by atoms with van der Waals surface area (Å²) in [5.74, 6) is 12.6. The molecule has 0 unspecified atom stereocenters. The van der Waals surface area contributed by atoms with E-state index in [0.29, 0.717) is 12.1 Å². The quantitative estimate of drug-likeness (QED) is 0.163. The second kappa shape index (κ2) is 15.3. The number of hydrogen-bond donors (Lipinski definition) is 4. The first-order chi connectivity index (χ1) is 19.9. The zero-order valence-electron chi connectivity index (χ0n) is 26.7. The van der Waals surface area contributed by atoms with Crippen LogP contribution in [0.3, 0.4) is 0 Å². The van der Waals surface area contributed by atoms with Crippen LogP contribution in [0.15, 0.2) is 85.2 Å². The second-order valence-corrected chi connectivity index (χ2v) is 12.7. The minimum Gasteiger partial charge on any atom is -0.361 e. The zero-order valence-corrected chi connectivity index (χ0v) is 26.7. The van der Waals surface area contributed by atoms with Gasteiger partial charge in [0.05, 0.1) is 0 Å². The Morgan fingerprint density at radius 2 is 1.05 bits per heavy atom. The van der Waals surface area contributed by atoms with E-state index in [2.05, 4.69) is 160 Å². The van der Waals surface area contributed by atoms with E-state index < -0.39 is 0 Å². The molecule has 2 atom stereocenters. The lowest BCUT2D eigenvalue weighted by Gasteiger charge is -2.14. The number of benzene rings is 2. The number of allylic oxidation sites excluding steroid dienone is 2. The highest BCUT2D eigenvalue weighted by atomic mass is 14.9. The van der Waals surface area contributed by atoms with Crippen LogP contribution in [0.2, 0.25) is 0 Å². The Bertz CT molecular complexity index is 1470. The van der Waals surface area contributed by atoms with Gasteiger partial charge in [0.25, 0.3) is 0 Å². The van der Waals surface area contributed by atoms with Gasteiger partial charge in [0.1, 0.15) is 0 Å². The van der Waals surface area contributed by atoms with Gasteiger partial charge in [-0.15, -0.1) is 0 Å². The minimum atomic E-state index is 0.0645. The van der Waals surface area contributed by atoms with Crippen molar-refractivity contribution in [3.8, 4) is 23.7 Å². The first-order valence-electron chi connectivity index (χ1n) is 14.9. The topological polar surface area (TPSA) is 55.6 Å². The Kier molecular flexibility index (Phi) is 11.9. The van der Waals surface area contributed by atoms with Crippen molar-refractivity contribution in [3.05, 3.63) is 96.4 Å². The van der Waals surface area contributed by atoms with Crippen LogP contribution in [0.4, 0.5) is 0 Å². The van der Waals surface area contributed by atoms with Gasteiger partial charge in [0.15, 0.2) is 0 Å². The molecule has 220 valence electrons. The van der Waals surface area contributed by atoms with E-state index in [1.54, 1.807) is 0 Å². The maximum absolute atomic E-state index is 3.51. The maximum atomic E-state index is 3.51. The van der Waals surface area contributed by atoms with Gasteiger partial charge in [0.2, 0.25) is 0 Å². The summed E-state index contributed by atoms with van der Waals surface area (Å²) in [6, 6.07) is 17.6. The van der Waals surface area contributed by atoms with Gasteiger partial charge in [0, 0.05) is 70.2 Å². The highest BCUT2D eigenvalue weighted by Crippen LogP contribution is 2.24. The van der Waals surface area contributed by atoms with Crippen LogP contribution in [0.25, 0.3) is 21.8 Å². The lowest BCUT2D eigenvalue weighted by atomic mass is 9.98. The summed E-state index contributed by atoms with van der Waals surface area (Å²) in [7, 11) is 0. The molecular weight excluding hydrogens is 512 g/mol. The fraction of sp³-hybridized carbons (Fsp3) is 0.368. The largest absolute Gasteiger partial charge is 0.361 e. The molecule has 4 aromatic rings. The molecular formula is C38H48N4. The summed E-state index contributed by atoms with van der Waals surface area (Å²) >= 11 is 0. The van der Waals surface area contributed by atoms with Crippen molar-refractivity contribution in [2.75, 3.05) is 13.1 Å². The molecule has 2 heterocycles. The van der Waals surface area contributed by atoms with Gasteiger partial charge in [-0.1, -0.05) is 60.1 Å². The standard InChI is InChI=1S/2C19H24N2/c2*1-15(20-13-7-5-6-12-19(2,3)4)16-9-8-10-18-17(16)11-14-21-18/h2*5,7-11,14-15,20-21H,13H2,1-4H3/b7-5+;7-5-/t2*15-/m11/s1. The number of H-pyrrole nitrogens is 2. The molecule has 0 bridgehead atoms. The van der Waals surface area contributed by atoms with Crippen molar-refractivity contribution in [3.63, 3.8) is 0 Å². The molecule has 42 heavy (non-hydrogen) atoms. The molecule has 0 aliphatic heterocycles. The number of rotatable bonds is 8. The number of nitrogens with one attached hydrogen (secondary N) is 4. The summed E-state index contributed by atoms with van der Waals surface area (Å²) < 4.78 is 0. The van der Waals surface area contributed by atoms with Gasteiger partial charge in [-0.25, -0.2) is 0 Å². The third kappa shape index (κ3) is 10.8. The van der Waals surface area contributed by atoms with E-state index in [1.165, 1.54) is 32.9 Å². The van der Waals surface area contributed by atoms with Crippen LogP contribution in [0.5, 0.6) is 0 Å². The highest BCUT2D eigenvalue weighted by Gasteiger charge is 2.09. The number of fused-ring (bicyclic) bond motifs is 2. The first-order valence-corrected chi connectivity index (χ1v) is 14.9. The third-order valence-electron chi connectivity index (χ3n) is 6.57. The normalized spacial score (nSPS) is 13.3. The highest BCUT2D eigenvalue weighted by molar-refractivity contribution is 5.84. The van der Waals surface area contributed by atoms with E-state index in [1.807, 2.05) is 24.5 Å². The Balaban J connectivity index is 0.000000230. The van der Waals surface area contributed by atoms with Gasteiger partial charge in [-0.3, -0.25) is 0 Å².